The van der Waals surface area contributed by atoms with E-state index in [9.17, 15) is 4.79 Å². The highest BCUT2D eigenvalue weighted by Gasteiger charge is 2.29. The van der Waals surface area contributed by atoms with Crippen LogP contribution in [0.4, 0.5) is 5.69 Å². The lowest BCUT2D eigenvalue weighted by molar-refractivity contribution is -0.125. The number of nitrogens with zero attached hydrogens (tertiary/aromatic N) is 3. The maximum absolute atomic E-state index is 11.6. The molecule has 0 aromatic heterocycles. The van der Waals surface area contributed by atoms with E-state index in [1.165, 1.54) is 0 Å². The van der Waals surface area contributed by atoms with Crippen LogP contribution in [-0.2, 0) is 4.79 Å². The van der Waals surface area contributed by atoms with Crippen LogP contribution in [0.1, 0.15) is 12.8 Å². The minimum atomic E-state index is -0.174. The third-order valence-corrected chi connectivity index (χ3v) is 2.80. The largest absolute Gasteiger partial charge is 0.357 e. The van der Waals surface area contributed by atoms with Crippen molar-refractivity contribution in [1.29, 1.82) is 0 Å². The first-order valence-electron chi connectivity index (χ1n) is 5.76. The molecular formula is C12H16N4O. The Bertz CT molecular complexity index is 404. The highest BCUT2D eigenvalue weighted by molar-refractivity contribution is 5.81. The molecule has 1 atom stereocenters. The van der Waals surface area contributed by atoms with Crippen molar-refractivity contribution >= 4 is 11.6 Å². The van der Waals surface area contributed by atoms with Gasteiger partial charge >= 0.3 is 0 Å². The Hall–Kier alpha value is -1.91. The van der Waals surface area contributed by atoms with Gasteiger partial charge in [-0.05, 0) is 25.0 Å². The molecule has 90 valence electrons. The molecule has 1 aromatic carbocycles. The number of likely N-dealkylation sites (N-methyl/N-ethyl adjacent to an activating group) is 1. The highest BCUT2D eigenvalue weighted by atomic mass is 16.2. The standard InChI is InChI=1S/C12H16N4O/c1-13-12(17)11-8-5-9-16(11)15-14-10-6-3-2-4-7-10/h2-4,6-7,11H,5,8-9H2,1H3,(H,13,17). The third-order valence-electron chi connectivity index (χ3n) is 2.80. The Balaban J connectivity index is 2.03. The van der Waals surface area contributed by atoms with Crippen LogP contribution in [0, 0.1) is 0 Å². The van der Waals surface area contributed by atoms with Crippen molar-refractivity contribution < 1.29 is 4.79 Å². The fourth-order valence-electron chi connectivity index (χ4n) is 1.90. The van der Waals surface area contributed by atoms with Gasteiger partial charge in [-0.25, -0.2) is 0 Å². The maximum Gasteiger partial charge on any atom is 0.244 e. The van der Waals surface area contributed by atoms with E-state index in [2.05, 4.69) is 15.7 Å². The van der Waals surface area contributed by atoms with E-state index < -0.39 is 0 Å². The SMILES string of the molecule is CNC(=O)C1CCCN1N=Nc1ccccc1. The van der Waals surface area contributed by atoms with Crippen LogP contribution in [0.5, 0.6) is 0 Å². The Morgan fingerprint density at radius 2 is 2.18 bits per heavy atom. The average Bonchev–Trinajstić information content (AvgIpc) is 2.85. The number of hydrogen-bond donors (Lipinski definition) is 1. The predicted molar refractivity (Wildman–Crippen MR) is 64.8 cm³/mol. The van der Waals surface area contributed by atoms with Crippen molar-refractivity contribution in [2.45, 2.75) is 18.9 Å². The van der Waals surface area contributed by atoms with E-state index >= 15 is 0 Å². The number of hydrogen-bond acceptors (Lipinski definition) is 3. The molecular weight excluding hydrogens is 216 g/mol. The van der Waals surface area contributed by atoms with Crippen molar-refractivity contribution in [2.24, 2.45) is 10.3 Å². The summed E-state index contributed by atoms with van der Waals surface area (Å²) < 4.78 is 0. The van der Waals surface area contributed by atoms with Crippen LogP contribution < -0.4 is 5.32 Å². The van der Waals surface area contributed by atoms with Gasteiger partial charge in [0.15, 0.2) is 0 Å². The molecule has 0 radical (unpaired) electrons. The molecule has 1 fully saturated rings. The van der Waals surface area contributed by atoms with Crippen molar-refractivity contribution in [3.63, 3.8) is 0 Å². The van der Waals surface area contributed by atoms with Crippen LogP contribution in [-0.4, -0.2) is 30.6 Å². The maximum atomic E-state index is 11.6. The lowest BCUT2D eigenvalue weighted by atomic mass is 10.2. The minimum absolute atomic E-state index is 0.00881. The molecule has 2 rings (SSSR count). The van der Waals surface area contributed by atoms with Crippen molar-refractivity contribution in [3.05, 3.63) is 30.3 Å². The van der Waals surface area contributed by atoms with E-state index in [-0.39, 0.29) is 11.9 Å². The van der Waals surface area contributed by atoms with Crippen molar-refractivity contribution in [1.82, 2.24) is 10.3 Å². The van der Waals surface area contributed by atoms with E-state index in [4.69, 9.17) is 0 Å². The van der Waals surface area contributed by atoms with E-state index in [1.807, 2.05) is 30.3 Å². The summed E-state index contributed by atoms with van der Waals surface area (Å²) in [6.45, 7) is 0.786. The Kier molecular flexibility index (Phi) is 3.69. The Morgan fingerprint density at radius 3 is 2.88 bits per heavy atom. The topological polar surface area (TPSA) is 57.1 Å². The van der Waals surface area contributed by atoms with Gasteiger partial charge in [-0.3, -0.25) is 9.80 Å². The molecule has 1 unspecified atom stereocenters. The van der Waals surface area contributed by atoms with E-state index in [0.29, 0.717) is 0 Å². The Labute approximate surface area is 101 Å². The molecule has 1 aliphatic heterocycles. The first kappa shape index (κ1) is 11.6. The number of carbonyl (C=O) groups is 1. The molecule has 0 spiro atoms. The average molecular weight is 232 g/mol. The third kappa shape index (κ3) is 2.81. The van der Waals surface area contributed by atoms with Gasteiger partial charge in [-0.2, -0.15) is 0 Å². The summed E-state index contributed by atoms with van der Waals surface area (Å²) in [4.78, 5) is 11.6. The summed E-state index contributed by atoms with van der Waals surface area (Å²) in [5, 5.41) is 12.7. The van der Waals surface area contributed by atoms with Gasteiger partial charge in [0.2, 0.25) is 5.91 Å². The van der Waals surface area contributed by atoms with Gasteiger partial charge in [-0.15, -0.1) is 5.11 Å². The summed E-state index contributed by atoms with van der Waals surface area (Å²) in [6, 6.07) is 9.35. The molecule has 1 amide bonds. The molecule has 5 nitrogen and oxygen atoms in total. The summed E-state index contributed by atoms with van der Waals surface area (Å²) in [5.74, 6) is 0.00881. The monoisotopic (exact) mass is 232 g/mol. The van der Waals surface area contributed by atoms with Gasteiger partial charge in [0, 0.05) is 13.6 Å². The van der Waals surface area contributed by atoms with E-state index in [1.54, 1.807) is 12.1 Å². The van der Waals surface area contributed by atoms with E-state index in [0.717, 1.165) is 25.1 Å². The van der Waals surface area contributed by atoms with Gasteiger partial charge in [0.05, 0.1) is 5.69 Å². The normalized spacial score (nSPS) is 19.8. The fraction of sp³-hybridized carbons (Fsp3) is 0.417. The summed E-state index contributed by atoms with van der Waals surface area (Å²) >= 11 is 0. The smallest absolute Gasteiger partial charge is 0.244 e. The van der Waals surface area contributed by atoms with Gasteiger partial charge < -0.3 is 5.32 Å². The Morgan fingerprint density at radius 1 is 1.41 bits per heavy atom. The van der Waals surface area contributed by atoms with Crippen molar-refractivity contribution in [3.8, 4) is 0 Å². The molecule has 1 N–H and O–H groups in total. The van der Waals surface area contributed by atoms with Gasteiger partial charge in [0.25, 0.3) is 0 Å². The molecule has 5 heteroatoms. The van der Waals surface area contributed by atoms with Crippen molar-refractivity contribution in [2.75, 3.05) is 13.6 Å². The van der Waals surface area contributed by atoms with Crippen LogP contribution in [0.15, 0.2) is 40.7 Å². The first-order chi connectivity index (χ1) is 8.31. The summed E-state index contributed by atoms with van der Waals surface area (Å²) in [6.07, 6.45) is 1.82. The second-order valence-electron chi connectivity index (χ2n) is 3.96. The second-order valence-corrected chi connectivity index (χ2v) is 3.96. The molecule has 17 heavy (non-hydrogen) atoms. The lowest BCUT2D eigenvalue weighted by Crippen LogP contribution is -2.39. The molecule has 0 bridgehead atoms. The molecule has 1 saturated heterocycles. The van der Waals surface area contributed by atoms with Crippen LogP contribution in [0.25, 0.3) is 0 Å². The van der Waals surface area contributed by atoms with Crippen LogP contribution in [0.3, 0.4) is 0 Å². The van der Waals surface area contributed by atoms with Crippen LogP contribution >= 0.6 is 0 Å². The number of carbonyl (C=O) groups excluding carboxylic acids is 1. The lowest BCUT2D eigenvalue weighted by Gasteiger charge is -2.17. The predicted octanol–water partition coefficient (Wildman–Crippen LogP) is 1.90. The highest BCUT2D eigenvalue weighted by Crippen LogP contribution is 2.19. The summed E-state index contributed by atoms with van der Waals surface area (Å²) in [5.41, 5.74) is 0.801. The molecule has 1 aromatic rings. The summed E-state index contributed by atoms with van der Waals surface area (Å²) in [7, 11) is 1.65. The number of nitrogens with one attached hydrogen (secondary N) is 1. The molecule has 1 heterocycles. The molecule has 1 aliphatic rings. The quantitative estimate of drug-likeness (QED) is 0.809. The zero-order chi connectivity index (χ0) is 12.1. The molecule has 0 saturated carbocycles. The minimum Gasteiger partial charge on any atom is -0.357 e. The zero-order valence-corrected chi connectivity index (χ0v) is 9.84. The van der Waals surface area contributed by atoms with Gasteiger partial charge in [-0.1, -0.05) is 23.4 Å². The number of rotatable bonds is 3. The fourth-order valence-corrected chi connectivity index (χ4v) is 1.90. The number of benzene rings is 1. The molecule has 0 aliphatic carbocycles. The zero-order valence-electron chi connectivity index (χ0n) is 9.84. The first-order valence-corrected chi connectivity index (χ1v) is 5.76. The van der Waals surface area contributed by atoms with Gasteiger partial charge in [0.1, 0.15) is 6.04 Å². The van der Waals surface area contributed by atoms with Crippen LogP contribution in [0.2, 0.25) is 0 Å². The number of amides is 1. The second kappa shape index (κ2) is 5.43.